The second kappa shape index (κ2) is 3.61. The summed E-state index contributed by atoms with van der Waals surface area (Å²) in [7, 11) is 0. The Morgan fingerprint density at radius 1 is 1.18 bits per heavy atom. The molecule has 0 aliphatic heterocycles. The van der Waals surface area contributed by atoms with Gasteiger partial charge in [0, 0.05) is 15.6 Å². The van der Waals surface area contributed by atoms with Gasteiger partial charge in [-0.25, -0.2) is 6.57 Å². The molecule has 1 rings (SSSR count). The van der Waals surface area contributed by atoms with E-state index in [4.69, 9.17) is 29.8 Å². The summed E-state index contributed by atoms with van der Waals surface area (Å²) in [6.45, 7) is 6.95. The van der Waals surface area contributed by atoms with E-state index in [-0.39, 0.29) is 0 Å². The quantitative estimate of drug-likeness (QED) is 0.592. The van der Waals surface area contributed by atoms with Gasteiger partial charge in [0.25, 0.3) is 0 Å². The molecule has 0 aliphatic rings. The van der Waals surface area contributed by atoms with E-state index in [1.54, 1.807) is 18.2 Å². The van der Waals surface area contributed by atoms with E-state index in [1.807, 2.05) is 0 Å². The van der Waals surface area contributed by atoms with Gasteiger partial charge in [0.1, 0.15) is 0 Å². The van der Waals surface area contributed by atoms with Crippen LogP contribution in [0.4, 0.5) is 0 Å². The van der Waals surface area contributed by atoms with Gasteiger partial charge in [0.05, 0.1) is 0 Å². The molecule has 1 aromatic rings. The van der Waals surface area contributed by atoms with Gasteiger partial charge in [-0.1, -0.05) is 23.2 Å². The van der Waals surface area contributed by atoms with Gasteiger partial charge in [0.2, 0.25) is 6.54 Å². The molecule has 0 spiro atoms. The lowest BCUT2D eigenvalue weighted by molar-refractivity contribution is 1.27. The summed E-state index contributed by atoms with van der Waals surface area (Å²) in [4.78, 5) is 3.22. The van der Waals surface area contributed by atoms with Crippen molar-refractivity contribution in [1.29, 1.82) is 0 Å². The molecule has 0 bridgehead atoms. The molecule has 0 unspecified atom stereocenters. The van der Waals surface area contributed by atoms with Crippen molar-refractivity contribution in [1.82, 2.24) is 0 Å². The number of nitrogens with zero attached hydrogens (tertiary/aromatic N) is 1. The van der Waals surface area contributed by atoms with Gasteiger partial charge in [-0.2, -0.15) is 0 Å². The zero-order chi connectivity index (χ0) is 8.27. The highest BCUT2D eigenvalue weighted by atomic mass is 35.5. The fourth-order valence-electron chi connectivity index (χ4n) is 0.794. The molecule has 0 heterocycles. The third kappa shape index (κ3) is 2.42. The summed E-state index contributed by atoms with van der Waals surface area (Å²) in [6, 6.07) is 5.13. The molecule has 0 aliphatic carbocycles. The van der Waals surface area contributed by atoms with Crippen molar-refractivity contribution < 1.29 is 0 Å². The lowest BCUT2D eigenvalue weighted by Gasteiger charge is -1.94. The number of hydrogen-bond donors (Lipinski definition) is 0. The molecule has 1 nitrogen and oxygen atoms in total. The first-order valence-electron chi connectivity index (χ1n) is 3.00. The van der Waals surface area contributed by atoms with E-state index < -0.39 is 0 Å². The molecule has 3 heteroatoms. The zero-order valence-corrected chi connectivity index (χ0v) is 7.15. The summed E-state index contributed by atoms with van der Waals surface area (Å²) in [5, 5.41) is 1.16. The van der Waals surface area contributed by atoms with Crippen molar-refractivity contribution in [3.8, 4) is 0 Å². The van der Waals surface area contributed by atoms with E-state index in [0.717, 1.165) is 5.56 Å². The maximum absolute atomic E-state index is 6.62. The molecule has 0 fully saturated rings. The maximum atomic E-state index is 6.62. The van der Waals surface area contributed by atoms with Crippen molar-refractivity contribution in [3.63, 3.8) is 0 Å². The smallest absolute Gasteiger partial charge is 0.239 e. The summed E-state index contributed by atoms with van der Waals surface area (Å²) in [5.41, 5.74) is 0.859. The van der Waals surface area contributed by atoms with Crippen molar-refractivity contribution in [2.75, 3.05) is 0 Å². The average molecular weight is 186 g/mol. The van der Waals surface area contributed by atoms with Crippen molar-refractivity contribution >= 4 is 23.2 Å². The highest BCUT2D eigenvalue weighted by Crippen LogP contribution is 2.19. The Bertz CT molecular complexity index is 281. The minimum atomic E-state index is 0.334. The molecule has 56 valence electrons. The second-order valence-corrected chi connectivity index (χ2v) is 2.97. The lowest BCUT2D eigenvalue weighted by atomic mass is 10.2. The Morgan fingerprint density at radius 3 is 2.18 bits per heavy atom. The normalized spacial score (nSPS) is 9.18. The molecular formula is C8H5Cl2N. The molecule has 0 saturated carbocycles. The molecule has 0 radical (unpaired) electrons. The first-order chi connectivity index (χ1) is 5.22. The van der Waals surface area contributed by atoms with Gasteiger partial charge in [-0.15, -0.1) is 0 Å². The maximum Gasteiger partial charge on any atom is 0.239 e. The Balaban J connectivity index is 3.01. The Hall–Kier alpha value is -0.710. The molecule has 0 atom stereocenters. The van der Waals surface area contributed by atoms with Crippen LogP contribution in [0.25, 0.3) is 4.85 Å². The van der Waals surface area contributed by atoms with Gasteiger partial charge in [0.15, 0.2) is 0 Å². The standard InChI is InChI=1S/C8H5Cl2N/c1-11-5-6-2-7(9)4-8(10)3-6/h2-4H,5H2. The summed E-state index contributed by atoms with van der Waals surface area (Å²) in [6.07, 6.45) is 0. The molecule has 0 N–H and O–H groups in total. The second-order valence-electron chi connectivity index (χ2n) is 2.09. The van der Waals surface area contributed by atoms with E-state index in [1.165, 1.54) is 0 Å². The first kappa shape index (κ1) is 8.39. The molecule has 0 saturated heterocycles. The Morgan fingerprint density at radius 2 is 1.73 bits per heavy atom. The van der Waals surface area contributed by atoms with Crippen LogP contribution < -0.4 is 0 Å². The number of hydrogen-bond acceptors (Lipinski definition) is 0. The molecular weight excluding hydrogens is 181 g/mol. The summed E-state index contributed by atoms with van der Waals surface area (Å²) in [5.74, 6) is 0. The van der Waals surface area contributed by atoms with Crippen LogP contribution in [0.5, 0.6) is 0 Å². The predicted molar refractivity (Wildman–Crippen MR) is 46.8 cm³/mol. The monoisotopic (exact) mass is 185 g/mol. The van der Waals surface area contributed by atoms with Crippen LogP contribution in [0, 0.1) is 6.57 Å². The number of rotatable bonds is 1. The summed E-state index contributed by atoms with van der Waals surface area (Å²) >= 11 is 11.4. The largest absolute Gasteiger partial charge is 0.312 e. The predicted octanol–water partition coefficient (Wildman–Crippen LogP) is 3.41. The number of halogens is 2. The van der Waals surface area contributed by atoms with Crippen LogP contribution in [-0.2, 0) is 6.54 Å². The number of benzene rings is 1. The first-order valence-corrected chi connectivity index (χ1v) is 3.76. The molecule has 11 heavy (non-hydrogen) atoms. The SMILES string of the molecule is [C-]#[N+]Cc1cc(Cl)cc(Cl)c1. The minimum absolute atomic E-state index is 0.334. The lowest BCUT2D eigenvalue weighted by Crippen LogP contribution is -1.78. The fourth-order valence-corrected chi connectivity index (χ4v) is 1.36. The average Bonchev–Trinajstić information content (AvgIpc) is 1.85. The van der Waals surface area contributed by atoms with Crippen LogP contribution in [0.2, 0.25) is 10.0 Å². The van der Waals surface area contributed by atoms with Crippen LogP contribution >= 0.6 is 23.2 Å². The topological polar surface area (TPSA) is 4.36 Å². The van der Waals surface area contributed by atoms with Crippen LogP contribution in [-0.4, -0.2) is 0 Å². The van der Waals surface area contributed by atoms with Gasteiger partial charge in [-0.05, 0) is 18.2 Å². The van der Waals surface area contributed by atoms with E-state index in [0.29, 0.717) is 16.6 Å². The van der Waals surface area contributed by atoms with Crippen molar-refractivity contribution in [2.45, 2.75) is 6.54 Å². The van der Waals surface area contributed by atoms with Crippen LogP contribution in [0.15, 0.2) is 18.2 Å². The highest BCUT2D eigenvalue weighted by Gasteiger charge is 1.98. The van der Waals surface area contributed by atoms with Crippen molar-refractivity contribution in [3.05, 3.63) is 45.2 Å². The van der Waals surface area contributed by atoms with Crippen LogP contribution in [0.1, 0.15) is 5.56 Å². The fraction of sp³-hybridized carbons (Fsp3) is 0.125. The van der Waals surface area contributed by atoms with Crippen molar-refractivity contribution in [2.24, 2.45) is 0 Å². The third-order valence-electron chi connectivity index (χ3n) is 1.18. The van der Waals surface area contributed by atoms with E-state index in [9.17, 15) is 0 Å². The van der Waals surface area contributed by atoms with Gasteiger partial charge < -0.3 is 4.85 Å². The van der Waals surface area contributed by atoms with Crippen LogP contribution in [0.3, 0.4) is 0 Å². The molecule has 1 aromatic carbocycles. The Labute approximate surface area is 75.4 Å². The van der Waals surface area contributed by atoms with E-state index in [2.05, 4.69) is 4.85 Å². The van der Waals surface area contributed by atoms with Gasteiger partial charge in [-0.3, -0.25) is 0 Å². The molecule has 0 amide bonds. The summed E-state index contributed by atoms with van der Waals surface area (Å²) < 4.78 is 0. The van der Waals surface area contributed by atoms with E-state index >= 15 is 0 Å². The van der Waals surface area contributed by atoms with Gasteiger partial charge >= 0.3 is 0 Å². The highest BCUT2D eigenvalue weighted by molar-refractivity contribution is 6.34. The Kier molecular flexibility index (Phi) is 2.76. The minimum Gasteiger partial charge on any atom is -0.312 e. The third-order valence-corrected chi connectivity index (χ3v) is 1.62. The zero-order valence-electron chi connectivity index (χ0n) is 5.64. The molecule has 0 aromatic heterocycles.